The molecule has 0 amide bonds. The molecule has 1 atom stereocenters. The van der Waals surface area contributed by atoms with Crippen molar-refractivity contribution in [2.75, 3.05) is 25.1 Å². The summed E-state index contributed by atoms with van der Waals surface area (Å²) in [6, 6.07) is 6.11. The van der Waals surface area contributed by atoms with Gasteiger partial charge in [0, 0.05) is 24.4 Å². The Bertz CT molecular complexity index is 428. The van der Waals surface area contributed by atoms with Crippen LogP contribution in [0.2, 0.25) is 0 Å². The second kappa shape index (κ2) is 6.16. The van der Waals surface area contributed by atoms with Gasteiger partial charge in [0.1, 0.15) is 4.99 Å². The van der Waals surface area contributed by atoms with Gasteiger partial charge in [0.05, 0.1) is 6.61 Å². The molecule has 3 nitrogen and oxygen atoms in total. The van der Waals surface area contributed by atoms with E-state index < -0.39 is 0 Å². The Hall–Kier alpha value is -1.13. The van der Waals surface area contributed by atoms with Crippen LogP contribution in [0.4, 0.5) is 5.69 Å². The van der Waals surface area contributed by atoms with Crippen LogP contribution in [-0.4, -0.2) is 24.7 Å². The zero-order chi connectivity index (χ0) is 13.0. The van der Waals surface area contributed by atoms with Crippen LogP contribution < -0.4 is 11.1 Å². The molecule has 1 fully saturated rings. The number of aryl methyl sites for hydroxylation is 1. The third kappa shape index (κ3) is 3.43. The summed E-state index contributed by atoms with van der Waals surface area (Å²) in [7, 11) is 0. The highest BCUT2D eigenvalue weighted by Gasteiger charge is 2.13. The van der Waals surface area contributed by atoms with Crippen LogP contribution in [-0.2, 0) is 4.74 Å². The maximum absolute atomic E-state index is 5.65. The van der Waals surface area contributed by atoms with Crippen molar-refractivity contribution in [1.82, 2.24) is 0 Å². The molecule has 18 heavy (non-hydrogen) atoms. The lowest BCUT2D eigenvalue weighted by atomic mass is 10.0. The minimum absolute atomic E-state index is 0.458. The van der Waals surface area contributed by atoms with Crippen molar-refractivity contribution in [3.8, 4) is 0 Å². The van der Waals surface area contributed by atoms with Gasteiger partial charge in [-0.3, -0.25) is 0 Å². The van der Waals surface area contributed by atoms with Crippen molar-refractivity contribution in [3.63, 3.8) is 0 Å². The van der Waals surface area contributed by atoms with Crippen molar-refractivity contribution < 1.29 is 4.74 Å². The topological polar surface area (TPSA) is 47.3 Å². The van der Waals surface area contributed by atoms with E-state index in [4.69, 9.17) is 22.7 Å². The molecule has 3 N–H and O–H groups in total. The minimum Gasteiger partial charge on any atom is -0.389 e. The van der Waals surface area contributed by atoms with E-state index >= 15 is 0 Å². The first-order chi connectivity index (χ1) is 8.66. The summed E-state index contributed by atoms with van der Waals surface area (Å²) in [6.45, 7) is 4.78. The summed E-state index contributed by atoms with van der Waals surface area (Å²) in [4.78, 5) is 0.458. The molecule has 2 rings (SSSR count). The fourth-order valence-electron chi connectivity index (χ4n) is 2.28. The first-order valence-electron chi connectivity index (χ1n) is 6.39. The molecule has 1 aromatic carbocycles. The molecular weight excluding hydrogens is 244 g/mol. The molecular formula is C14H20N2OS. The van der Waals surface area contributed by atoms with Crippen LogP contribution in [0.15, 0.2) is 18.2 Å². The van der Waals surface area contributed by atoms with Gasteiger partial charge in [-0.2, -0.15) is 0 Å². The lowest BCUT2D eigenvalue weighted by Crippen LogP contribution is -2.24. The average molecular weight is 264 g/mol. The van der Waals surface area contributed by atoms with Crippen LogP contribution in [0.3, 0.4) is 0 Å². The number of nitrogens with two attached hydrogens (primary N) is 1. The number of benzene rings is 1. The van der Waals surface area contributed by atoms with Gasteiger partial charge in [-0.05, 0) is 49.4 Å². The van der Waals surface area contributed by atoms with E-state index in [0.717, 1.165) is 36.6 Å². The number of hydrogen-bond acceptors (Lipinski definition) is 3. The quantitative estimate of drug-likeness (QED) is 0.820. The highest BCUT2D eigenvalue weighted by molar-refractivity contribution is 7.80. The van der Waals surface area contributed by atoms with Gasteiger partial charge < -0.3 is 15.8 Å². The molecule has 0 aliphatic carbocycles. The SMILES string of the molecule is Cc1cc(NCC2CCCOC2)ccc1C(N)=S. The Balaban J connectivity index is 1.93. The predicted octanol–water partition coefficient (Wildman–Crippen LogP) is 2.47. The standard InChI is InChI=1S/C14H20N2OS/c1-10-7-12(4-5-13(10)14(15)18)16-8-11-3-2-6-17-9-11/h4-5,7,11,16H,2-3,6,8-9H2,1H3,(H2,15,18). The molecule has 0 aromatic heterocycles. The number of anilines is 1. The number of rotatable bonds is 4. The molecule has 1 saturated heterocycles. The zero-order valence-corrected chi connectivity index (χ0v) is 11.6. The monoisotopic (exact) mass is 264 g/mol. The van der Waals surface area contributed by atoms with E-state index in [2.05, 4.69) is 11.4 Å². The molecule has 98 valence electrons. The fraction of sp³-hybridized carbons (Fsp3) is 0.500. The Kier molecular flexibility index (Phi) is 4.55. The Labute approximate surface area is 114 Å². The maximum Gasteiger partial charge on any atom is 0.104 e. The minimum atomic E-state index is 0.458. The molecule has 1 unspecified atom stereocenters. The van der Waals surface area contributed by atoms with Crippen LogP contribution >= 0.6 is 12.2 Å². The number of nitrogens with one attached hydrogen (secondary N) is 1. The smallest absolute Gasteiger partial charge is 0.104 e. The summed E-state index contributed by atoms with van der Waals surface area (Å²) < 4.78 is 5.47. The largest absolute Gasteiger partial charge is 0.389 e. The Morgan fingerprint density at radius 3 is 3.00 bits per heavy atom. The summed E-state index contributed by atoms with van der Waals surface area (Å²) in [5.74, 6) is 0.620. The van der Waals surface area contributed by atoms with Crippen molar-refractivity contribution >= 4 is 22.9 Å². The average Bonchev–Trinajstić information content (AvgIpc) is 2.37. The summed E-state index contributed by atoms with van der Waals surface area (Å²) in [5, 5.41) is 3.46. The van der Waals surface area contributed by atoms with E-state index in [1.807, 2.05) is 19.1 Å². The van der Waals surface area contributed by atoms with Crippen molar-refractivity contribution in [3.05, 3.63) is 29.3 Å². The van der Waals surface area contributed by atoms with Gasteiger partial charge in [-0.1, -0.05) is 12.2 Å². The lowest BCUT2D eigenvalue weighted by Gasteiger charge is -2.22. The fourth-order valence-corrected chi connectivity index (χ4v) is 2.51. The van der Waals surface area contributed by atoms with E-state index in [9.17, 15) is 0 Å². The number of ether oxygens (including phenoxy) is 1. The van der Waals surface area contributed by atoms with Gasteiger partial charge in [0.15, 0.2) is 0 Å². The highest BCUT2D eigenvalue weighted by atomic mass is 32.1. The van der Waals surface area contributed by atoms with Crippen molar-refractivity contribution in [2.24, 2.45) is 11.7 Å². The highest BCUT2D eigenvalue weighted by Crippen LogP contribution is 2.18. The molecule has 0 radical (unpaired) electrons. The van der Waals surface area contributed by atoms with Crippen molar-refractivity contribution in [1.29, 1.82) is 0 Å². The summed E-state index contributed by atoms with van der Waals surface area (Å²) in [6.07, 6.45) is 2.42. The lowest BCUT2D eigenvalue weighted by molar-refractivity contribution is 0.0595. The van der Waals surface area contributed by atoms with Gasteiger partial charge in [-0.25, -0.2) is 0 Å². The Morgan fingerprint density at radius 1 is 1.56 bits per heavy atom. The van der Waals surface area contributed by atoms with Crippen LogP contribution in [0.5, 0.6) is 0 Å². The summed E-state index contributed by atoms with van der Waals surface area (Å²) in [5.41, 5.74) is 8.85. The van der Waals surface area contributed by atoms with Gasteiger partial charge in [-0.15, -0.1) is 0 Å². The van der Waals surface area contributed by atoms with E-state index in [-0.39, 0.29) is 0 Å². The molecule has 0 saturated carbocycles. The van der Waals surface area contributed by atoms with Gasteiger partial charge >= 0.3 is 0 Å². The molecule has 1 aliphatic rings. The second-order valence-corrected chi connectivity index (χ2v) is 5.30. The van der Waals surface area contributed by atoms with E-state index in [1.165, 1.54) is 12.8 Å². The van der Waals surface area contributed by atoms with Crippen LogP contribution in [0, 0.1) is 12.8 Å². The van der Waals surface area contributed by atoms with Crippen molar-refractivity contribution in [2.45, 2.75) is 19.8 Å². The third-order valence-corrected chi connectivity index (χ3v) is 3.56. The molecule has 4 heteroatoms. The molecule has 1 aliphatic heterocycles. The Morgan fingerprint density at radius 2 is 2.39 bits per heavy atom. The molecule has 1 heterocycles. The van der Waals surface area contributed by atoms with Crippen LogP contribution in [0.25, 0.3) is 0 Å². The first-order valence-corrected chi connectivity index (χ1v) is 6.79. The summed E-state index contributed by atoms with van der Waals surface area (Å²) >= 11 is 5.00. The zero-order valence-electron chi connectivity index (χ0n) is 10.7. The van der Waals surface area contributed by atoms with Gasteiger partial charge in [0.2, 0.25) is 0 Å². The molecule has 0 bridgehead atoms. The van der Waals surface area contributed by atoms with E-state index in [1.54, 1.807) is 0 Å². The molecule has 1 aromatic rings. The first kappa shape index (κ1) is 13.3. The second-order valence-electron chi connectivity index (χ2n) is 4.86. The van der Waals surface area contributed by atoms with E-state index in [0.29, 0.717) is 10.9 Å². The van der Waals surface area contributed by atoms with Gasteiger partial charge in [0.25, 0.3) is 0 Å². The molecule has 0 spiro atoms. The maximum atomic E-state index is 5.65. The normalized spacial score (nSPS) is 19.5. The van der Waals surface area contributed by atoms with Crippen LogP contribution in [0.1, 0.15) is 24.0 Å². The number of hydrogen-bond donors (Lipinski definition) is 2. The third-order valence-electron chi connectivity index (χ3n) is 3.34. The number of thiocarbonyl (C=S) groups is 1. The predicted molar refractivity (Wildman–Crippen MR) is 79.1 cm³/mol.